The van der Waals surface area contributed by atoms with Gasteiger partial charge in [0, 0.05) is 17.1 Å². The van der Waals surface area contributed by atoms with E-state index in [-0.39, 0.29) is 0 Å². The van der Waals surface area contributed by atoms with Gasteiger partial charge in [-0.05, 0) is 141 Å². The lowest BCUT2D eigenvalue weighted by molar-refractivity contribution is 0.688. The molecule has 0 aromatic heterocycles. The summed E-state index contributed by atoms with van der Waals surface area (Å²) >= 11 is 0. The number of benzene rings is 8. The zero-order chi connectivity index (χ0) is 34.0. The van der Waals surface area contributed by atoms with E-state index in [1.165, 1.54) is 79.2 Å². The molecule has 51 heavy (non-hydrogen) atoms. The highest BCUT2D eigenvalue weighted by Crippen LogP contribution is 2.45. The molecule has 0 aliphatic heterocycles. The number of hydrogen-bond donors (Lipinski definition) is 0. The second kappa shape index (κ2) is 13.6. The monoisotopic (exact) mass is 653 g/mol. The zero-order valence-corrected chi connectivity index (χ0v) is 28.7. The fourth-order valence-electron chi connectivity index (χ4n) is 7.98. The van der Waals surface area contributed by atoms with Crippen molar-refractivity contribution in [2.75, 3.05) is 4.90 Å². The van der Waals surface area contributed by atoms with Crippen molar-refractivity contribution in [2.45, 2.75) is 25.7 Å². The largest absolute Gasteiger partial charge is 0.310 e. The van der Waals surface area contributed by atoms with Gasteiger partial charge in [0.1, 0.15) is 0 Å². The number of hydrogen-bond acceptors (Lipinski definition) is 1. The standard InChI is InChI=1S/C50H39N/c1-5-15-36(16-6-1)41-26-25-37-27-32-45(34-42(37)33-41)51(43-21-11-4-12-22-43)44-30-28-39(29-31-44)49-35-48(38-17-7-2-8-18-38)46-23-13-14-24-47(46)50(49)40-19-9-3-10-20-40/h1-12,15-22,25-35H,13-14,23-24H2. The first-order valence-corrected chi connectivity index (χ1v) is 18.1. The summed E-state index contributed by atoms with van der Waals surface area (Å²) < 4.78 is 0. The van der Waals surface area contributed by atoms with Crippen LogP contribution in [0.25, 0.3) is 55.3 Å². The van der Waals surface area contributed by atoms with Crippen molar-refractivity contribution in [1.82, 2.24) is 0 Å². The molecule has 0 saturated carbocycles. The molecule has 0 heterocycles. The molecule has 0 atom stereocenters. The molecule has 1 aliphatic rings. The molecule has 1 aliphatic carbocycles. The maximum atomic E-state index is 2.47. The third kappa shape index (κ3) is 6.02. The predicted molar refractivity (Wildman–Crippen MR) is 217 cm³/mol. The van der Waals surface area contributed by atoms with Crippen LogP contribution < -0.4 is 4.90 Å². The van der Waals surface area contributed by atoms with Crippen molar-refractivity contribution in [2.24, 2.45) is 0 Å². The fraction of sp³-hybridized carbons (Fsp3) is 0.0800. The minimum atomic E-state index is 1.11. The number of para-hydroxylation sites is 1. The van der Waals surface area contributed by atoms with Crippen LogP contribution >= 0.6 is 0 Å². The zero-order valence-electron chi connectivity index (χ0n) is 28.7. The highest BCUT2D eigenvalue weighted by atomic mass is 15.1. The Bertz CT molecular complexity index is 2430. The topological polar surface area (TPSA) is 3.24 Å². The van der Waals surface area contributed by atoms with Crippen LogP contribution in [0.1, 0.15) is 24.0 Å². The van der Waals surface area contributed by atoms with Crippen LogP contribution in [0.15, 0.2) is 188 Å². The first-order chi connectivity index (χ1) is 25.3. The van der Waals surface area contributed by atoms with Crippen molar-refractivity contribution < 1.29 is 0 Å². The van der Waals surface area contributed by atoms with E-state index in [0.29, 0.717) is 0 Å². The quantitative estimate of drug-likeness (QED) is 0.165. The van der Waals surface area contributed by atoms with E-state index in [2.05, 4.69) is 193 Å². The van der Waals surface area contributed by atoms with E-state index < -0.39 is 0 Å². The number of anilines is 3. The van der Waals surface area contributed by atoms with Crippen molar-refractivity contribution in [1.29, 1.82) is 0 Å². The van der Waals surface area contributed by atoms with Gasteiger partial charge in [0.05, 0.1) is 0 Å². The Morgan fingerprint density at radius 2 is 0.824 bits per heavy atom. The molecule has 0 N–H and O–H groups in total. The maximum absolute atomic E-state index is 2.47. The summed E-state index contributed by atoms with van der Waals surface area (Å²) in [5, 5.41) is 2.46. The highest BCUT2D eigenvalue weighted by molar-refractivity contribution is 5.94. The third-order valence-electron chi connectivity index (χ3n) is 10.4. The molecule has 0 radical (unpaired) electrons. The average molecular weight is 654 g/mol. The Morgan fingerprint density at radius 1 is 0.314 bits per heavy atom. The van der Waals surface area contributed by atoms with Crippen molar-refractivity contribution in [3.05, 3.63) is 199 Å². The lowest BCUT2D eigenvalue weighted by Crippen LogP contribution is -2.10. The molecule has 1 nitrogen and oxygen atoms in total. The Hall–Kier alpha value is -6.18. The van der Waals surface area contributed by atoms with Gasteiger partial charge in [-0.2, -0.15) is 0 Å². The van der Waals surface area contributed by atoms with Crippen molar-refractivity contribution >= 4 is 27.8 Å². The van der Waals surface area contributed by atoms with Crippen molar-refractivity contribution in [3.63, 3.8) is 0 Å². The molecule has 0 saturated heterocycles. The lowest BCUT2D eigenvalue weighted by Gasteiger charge is -2.28. The van der Waals surface area contributed by atoms with Gasteiger partial charge in [-0.1, -0.05) is 140 Å². The third-order valence-corrected chi connectivity index (χ3v) is 10.4. The van der Waals surface area contributed by atoms with Gasteiger partial charge >= 0.3 is 0 Å². The predicted octanol–water partition coefficient (Wildman–Crippen LogP) is 13.9. The molecule has 0 bridgehead atoms. The molecule has 8 aromatic rings. The number of fused-ring (bicyclic) bond motifs is 2. The maximum Gasteiger partial charge on any atom is 0.0468 e. The Balaban J connectivity index is 1.18. The van der Waals surface area contributed by atoms with Gasteiger partial charge < -0.3 is 4.90 Å². The summed E-state index contributed by atoms with van der Waals surface area (Å²) in [6, 6.07) is 68.7. The van der Waals surface area contributed by atoms with Crippen LogP contribution in [0.3, 0.4) is 0 Å². The van der Waals surface area contributed by atoms with Gasteiger partial charge in [-0.25, -0.2) is 0 Å². The normalized spacial score (nSPS) is 12.4. The summed E-state index contributed by atoms with van der Waals surface area (Å²) in [5.41, 5.74) is 16.8. The Morgan fingerprint density at radius 3 is 1.51 bits per heavy atom. The fourth-order valence-corrected chi connectivity index (χ4v) is 7.98. The Kier molecular flexibility index (Phi) is 8.24. The first-order valence-electron chi connectivity index (χ1n) is 18.1. The average Bonchev–Trinajstić information content (AvgIpc) is 3.22. The van der Waals surface area contributed by atoms with Crippen molar-refractivity contribution in [3.8, 4) is 44.5 Å². The molecule has 0 fully saturated rings. The summed E-state index contributed by atoms with van der Waals surface area (Å²) in [6.45, 7) is 0. The van der Waals surface area contributed by atoms with Gasteiger partial charge in [-0.15, -0.1) is 0 Å². The van der Waals surface area contributed by atoms with Crippen LogP contribution in [0.4, 0.5) is 17.1 Å². The summed E-state index contributed by atoms with van der Waals surface area (Å²) in [6.07, 6.45) is 4.71. The van der Waals surface area contributed by atoms with E-state index in [4.69, 9.17) is 0 Å². The van der Waals surface area contributed by atoms with E-state index in [0.717, 1.165) is 29.9 Å². The second-order valence-corrected chi connectivity index (χ2v) is 13.6. The van der Waals surface area contributed by atoms with Gasteiger partial charge in [0.25, 0.3) is 0 Å². The van der Waals surface area contributed by atoms with Crippen LogP contribution in [0.2, 0.25) is 0 Å². The molecule has 8 aromatic carbocycles. The number of rotatable bonds is 7. The van der Waals surface area contributed by atoms with E-state index in [1.807, 2.05) is 0 Å². The molecule has 0 unspecified atom stereocenters. The lowest BCUT2D eigenvalue weighted by atomic mass is 9.78. The van der Waals surface area contributed by atoms with E-state index in [1.54, 1.807) is 0 Å². The smallest absolute Gasteiger partial charge is 0.0468 e. The minimum Gasteiger partial charge on any atom is -0.310 e. The van der Waals surface area contributed by atoms with Crippen LogP contribution in [0.5, 0.6) is 0 Å². The Labute approximate surface area is 301 Å². The molecular formula is C50H39N. The SMILES string of the molecule is c1ccc(-c2ccc3ccc(N(c4ccccc4)c4ccc(-c5cc(-c6ccccc6)c6c(c5-c5ccccc5)CCCC6)cc4)cc3c2)cc1. The van der Waals surface area contributed by atoms with Crippen LogP contribution in [-0.4, -0.2) is 0 Å². The van der Waals surface area contributed by atoms with E-state index >= 15 is 0 Å². The summed E-state index contributed by atoms with van der Waals surface area (Å²) in [7, 11) is 0. The van der Waals surface area contributed by atoms with Gasteiger partial charge in [0.15, 0.2) is 0 Å². The molecule has 244 valence electrons. The molecule has 0 spiro atoms. The van der Waals surface area contributed by atoms with Crippen LogP contribution in [0, 0.1) is 0 Å². The first kappa shape index (κ1) is 30.8. The summed E-state index contributed by atoms with van der Waals surface area (Å²) in [5.74, 6) is 0. The minimum absolute atomic E-state index is 1.11. The number of nitrogens with zero attached hydrogens (tertiary/aromatic N) is 1. The molecule has 0 amide bonds. The molecular weight excluding hydrogens is 615 g/mol. The molecule has 1 heteroatoms. The molecule has 9 rings (SSSR count). The summed E-state index contributed by atoms with van der Waals surface area (Å²) in [4.78, 5) is 2.37. The van der Waals surface area contributed by atoms with Gasteiger partial charge in [-0.3, -0.25) is 0 Å². The second-order valence-electron chi connectivity index (χ2n) is 13.6. The highest BCUT2D eigenvalue weighted by Gasteiger charge is 2.23. The van der Waals surface area contributed by atoms with Gasteiger partial charge in [0.2, 0.25) is 0 Å². The van der Waals surface area contributed by atoms with Crippen LogP contribution in [-0.2, 0) is 12.8 Å². The van der Waals surface area contributed by atoms with E-state index in [9.17, 15) is 0 Å².